The smallest absolute Gasteiger partial charge is 0.261 e. The van der Waals surface area contributed by atoms with E-state index >= 15 is 0 Å². The van der Waals surface area contributed by atoms with E-state index < -0.39 is 0 Å². The summed E-state index contributed by atoms with van der Waals surface area (Å²) in [5.74, 6) is 0.0118. The Morgan fingerprint density at radius 1 is 1.23 bits per heavy atom. The van der Waals surface area contributed by atoms with Crippen molar-refractivity contribution in [3.8, 4) is 0 Å². The number of nitrogens with one attached hydrogen (secondary N) is 1. The Morgan fingerprint density at radius 3 is 2.69 bits per heavy atom. The van der Waals surface area contributed by atoms with E-state index in [2.05, 4.69) is 10.3 Å². The lowest BCUT2D eigenvalue weighted by Gasteiger charge is -2.15. The largest absolute Gasteiger partial charge is 0.349 e. The molecule has 0 saturated carbocycles. The highest BCUT2D eigenvalue weighted by atomic mass is 35.5. The van der Waals surface area contributed by atoms with Crippen molar-refractivity contribution < 1.29 is 4.79 Å². The maximum absolute atomic E-state index is 12.4. The molecule has 2 aromatic carbocycles. The van der Waals surface area contributed by atoms with Gasteiger partial charge in [0, 0.05) is 12.1 Å². The third-order valence-electron chi connectivity index (χ3n) is 4.02. The monoisotopic (exact) mass is 387 g/mol. The number of halogens is 1. The fourth-order valence-corrected chi connectivity index (χ4v) is 3.73. The summed E-state index contributed by atoms with van der Waals surface area (Å²) in [6.45, 7) is 1.88. The molecule has 134 valence electrons. The molecule has 7 heteroatoms. The maximum atomic E-state index is 12.4. The minimum absolute atomic E-state index is 0.122. The number of hydrogen-bond acceptors (Lipinski definition) is 4. The molecule has 1 unspecified atom stereocenters. The van der Waals surface area contributed by atoms with Crippen molar-refractivity contribution in [2.45, 2.75) is 18.1 Å². The summed E-state index contributed by atoms with van der Waals surface area (Å²) in [4.78, 5) is 29.2. The zero-order valence-electron chi connectivity index (χ0n) is 14.4. The molecule has 26 heavy (non-hydrogen) atoms. The Kier molecular flexibility index (Phi) is 5.64. The van der Waals surface area contributed by atoms with Gasteiger partial charge < -0.3 is 5.32 Å². The molecule has 0 aliphatic heterocycles. The predicted molar refractivity (Wildman–Crippen MR) is 106 cm³/mol. The van der Waals surface area contributed by atoms with E-state index in [4.69, 9.17) is 11.6 Å². The number of carbonyl (C=O) groups is 1. The Balaban J connectivity index is 1.70. The van der Waals surface area contributed by atoms with Gasteiger partial charge in [0.05, 0.1) is 22.7 Å². The van der Waals surface area contributed by atoms with Crippen LogP contribution >= 0.6 is 23.4 Å². The van der Waals surface area contributed by atoms with Crippen LogP contribution in [-0.2, 0) is 11.8 Å². The SMILES string of the molecule is CC(NC(=O)CSc1nc2ccccc2c(=O)n1C)c1ccccc1Cl. The summed E-state index contributed by atoms with van der Waals surface area (Å²) >= 11 is 7.40. The summed E-state index contributed by atoms with van der Waals surface area (Å²) < 4.78 is 1.47. The van der Waals surface area contributed by atoms with Crippen LogP contribution in [-0.4, -0.2) is 21.2 Å². The molecular formula is C19H18ClN3O2S. The van der Waals surface area contributed by atoms with E-state index in [1.165, 1.54) is 16.3 Å². The van der Waals surface area contributed by atoms with Crippen molar-refractivity contribution in [1.82, 2.24) is 14.9 Å². The number of rotatable bonds is 5. The number of fused-ring (bicyclic) bond motifs is 1. The van der Waals surface area contributed by atoms with Crippen LogP contribution in [0.25, 0.3) is 10.9 Å². The van der Waals surface area contributed by atoms with E-state index in [0.717, 1.165) is 5.56 Å². The maximum Gasteiger partial charge on any atom is 0.261 e. The molecule has 0 aliphatic rings. The van der Waals surface area contributed by atoms with Crippen LogP contribution in [0.1, 0.15) is 18.5 Å². The van der Waals surface area contributed by atoms with Gasteiger partial charge in [0.2, 0.25) is 5.91 Å². The van der Waals surface area contributed by atoms with E-state index in [1.807, 2.05) is 37.3 Å². The van der Waals surface area contributed by atoms with Crippen molar-refractivity contribution in [2.24, 2.45) is 7.05 Å². The van der Waals surface area contributed by atoms with Crippen LogP contribution in [0.4, 0.5) is 0 Å². The Morgan fingerprint density at radius 2 is 1.92 bits per heavy atom. The molecule has 0 fully saturated rings. The molecule has 0 aliphatic carbocycles. The molecule has 3 aromatic rings. The summed E-state index contributed by atoms with van der Waals surface area (Å²) in [7, 11) is 1.66. The summed E-state index contributed by atoms with van der Waals surface area (Å²) in [5.41, 5.74) is 1.37. The molecule has 1 aromatic heterocycles. The molecule has 1 heterocycles. The second kappa shape index (κ2) is 7.93. The fourth-order valence-electron chi connectivity index (χ4n) is 2.64. The van der Waals surface area contributed by atoms with Gasteiger partial charge in [-0.3, -0.25) is 14.2 Å². The highest BCUT2D eigenvalue weighted by Gasteiger charge is 2.14. The first-order valence-corrected chi connectivity index (χ1v) is 9.46. The number of thioether (sulfide) groups is 1. The number of hydrogen-bond donors (Lipinski definition) is 1. The standard InChI is InChI=1S/C19H18ClN3O2S/c1-12(13-7-3-5-9-15(13)20)21-17(24)11-26-19-22-16-10-6-4-8-14(16)18(25)23(19)2/h3-10,12H,11H2,1-2H3,(H,21,24). The number of carbonyl (C=O) groups excluding carboxylic acids is 1. The zero-order valence-corrected chi connectivity index (χ0v) is 16.0. The molecule has 0 radical (unpaired) electrons. The predicted octanol–water partition coefficient (Wildman–Crippen LogP) is 3.56. The molecule has 1 amide bonds. The Bertz CT molecular complexity index is 1020. The van der Waals surface area contributed by atoms with Gasteiger partial charge in [-0.2, -0.15) is 0 Å². The lowest BCUT2D eigenvalue weighted by Crippen LogP contribution is -2.29. The third-order valence-corrected chi connectivity index (χ3v) is 5.40. The average molecular weight is 388 g/mol. The van der Waals surface area contributed by atoms with E-state index in [-0.39, 0.29) is 23.3 Å². The minimum atomic E-state index is -0.204. The van der Waals surface area contributed by atoms with Crippen molar-refractivity contribution in [1.29, 1.82) is 0 Å². The van der Waals surface area contributed by atoms with Gasteiger partial charge in [-0.1, -0.05) is 53.7 Å². The quantitative estimate of drug-likeness (QED) is 0.537. The van der Waals surface area contributed by atoms with Crippen LogP contribution in [0.3, 0.4) is 0 Å². The summed E-state index contributed by atoms with van der Waals surface area (Å²) in [6.07, 6.45) is 0. The van der Waals surface area contributed by atoms with Crippen LogP contribution in [0.15, 0.2) is 58.5 Å². The number of nitrogens with zero attached hydrogens (tertiary/aromatic N) is 2. The first kappa shape index (κ1) is 18.5. The van der Waals surface area contributed by atoms with Crippen molar-refractivity contribution in [2.75, 3.05) is 5.75 Å². The van der Waals surface area contributed by atoms with Gasteiger partial charge in [-0.15, -0.1) is 0 Å². The highest BCUT2D eigenvalue weighted by Crippen LogP contribution is 2.22. The first-order chi connectivity index (χ1) is 12.5. The van der Waals surface area contributed by atoms with E-state index in [1.54, 1.807) is 25.2 Å². The molecule has 0 bridgehead atoms. The van der Waals surface area contributed by atoms with Gasteiger partial charge >= 0.3 is 0 Å². The third kappa shape index (κ3) is 3.92. The van der Waals surface area contributed by atoms with Crippen LogP contribution in [0.2, 0.25) is 5.02 Å². The van der Waals surface area contributed by atoms with Crippen LogP contribution < -0.4 is 10.9 Å². The molecule has 1 atom stereocenters. The second-order valence-electron chi connectivity index (χ2n) is 5.88. The van der Waals surface area contributed by atoms with Gasteiger partial charge in [0.15, 0.2) is 5.16 Å². The zero-order chi connectivity index (χ0) is 18.7. The number of benzene rings is 2. The molecule has 1 N–H and O–H groups in total. The molecule has 5 nitrogen and oxygen atoms in total. The molecule has 0 spiro atoms. The van der Waals surface area contributed by atoms with Crippen molar-refractivity contribution in [3.05, 3.63) is 69.5 Å². The lowest BCUT2D eigenvalue weighted by atomic mass is 10.1. The van der Waals surface area contributed by atoms with Crippen molar-refractivity contribution in [3.63, 3.8) is 0 Å². The Hall–Kier alpha value is -2.31. The van der Waals surface area contributed by atoms with Gasteiger partial charge in [-0.25, -0.2) is 4.98 Å². The summed E-state index contributed by atoms with van der Waals surface area (Å²) in [6, 6.07) is 14.4. The number of aromatic nitrogens is 2. The summed E-state index contributed by atoms with van der Waals surface area (Å²) in [5, 5.41) is 4.61. The van der Waals surface area contributed by atoms with E-state index in [0.29, 0.717) is 21.1 Å². The minimum Gasteiger partial charge on any atom is -0.349 e. The number of para-hydroxylation sites is 1. The van der Waals surface area contributed by atoms with Crippen LogP contribution in [0, 0.1) is 0 Å². The normalized spacial score (nSPS) is 12.1. The van der Waals surface area contributed by atoms with Gasteiger partial charge in [0.1, 0.15) is 0 Å². The van der Waals surface area contributed by atoms with Gasteiger partial charge in [-0.05, 0) is 30.7 Å². The van der Waals surface area contributed by atoms with Crippen molar-refractivity contribution >= 4 is 40.2 Å². The molecule has 3 rings (SSSR count). The van der Waals surface area contributed by atoms with Crippen LogP contribution in [0.5, 0.6) is 0 Å². The second-order valence-corrected chi connectivity index (χ2v) is 7.22. The average Bonchev–Trinajstić information content (AvgIpc) is 2.64. The lowest BCUT2D eigenvalue weighted by molar-refractivity contribution is -0.119. The Labute approximate surface area is 160 Å². The molecule has 0 saturated heterocycles. The van der Waals surface area contributed by atoms with E-state index in [9.17, 15) is 9.59 Å². The van der Waals surface area contributed by atoms with Gasteiger partial charge in [0.25, 0.3) is 5.56 Å². The topological polar surface area (TPSA) is 64.0 Å². The number of amides is 1. The highest BCUT2D eigenvalue weighted by molar-refractivity contribution is 7.99. The molecular weight excluding hydrogens is 370 g/mol. The fraction of sp³-hybridized carbons (Fsp3) is 0.211. The first-order valence-electron chi connectivity index (χ1n) is 8.09.